The van der Waals surface area contributed by atoms with Gasteiger partial charge in [0.25, 0.3) is 0 Å². The highest BCUT2D eigenvalue weighted by molar-refractivity contribution is 6.91. The molecule has 202 valence electrons. The van der Waals surface area contributed by atoms with E-state index in [1.165, 1.54) is 5.19 Å². The average Bonchev–Trinajstić information content (AvgIpc) is 2.89. The average molecular weight is 526 g/mol. The van der Waals surface area contributed by atoms with E-state index in [1.807, 2.05) is 29.2 Å². The maximum atomic E-state index is 12.9. The number of amides is 1. The van der Waals surface area contributed by atoms with E-state index in [1.54, 1.807) is 14.2 Å². The lowest BCUT2D eigenvalue weighted by Gasteiger charge is -2.46. The number of carbonyl (C=O) groups excluding carboxylic acids is 1. The van der Waals surface area contributed by atoms with Crippen LogP contribution in [0.25, 0.3) is 0 Å². The number of fused-ring (bicyclic) bond motifs is 1. The summed E-state index contributed by atoms with van der Waals surface area (Å²) in [6, 6.07) is 14.5. The largest absolute Gasteiger partial charge is 0.497 e. The lowest BCUT2D eigenvalue weighted by Crippen LogP contribution is -2.54. The highest BCUT2D eigenvalue weighted by Gasteiger charge is 2.47. The fraction of sp³-hybridized carbons (Fsp3) is 0.567. The number of aliphatic hydroxyl groups excluding tert-OH is 1. The van der Waals surface area contributed by atoms with Crippen LogP contribution in [0.3, 0.4) is 0 Å². The molecule has 0 aromatic heterocycles. The van der Waals surface area contributed by atoms with Crippen LogP contribution < -0.4 is 19.6 Å². The van der Waals surface area contributed by atoms with E-state index < -0.39 is 8.07 Å². The molecule has 2 aliphatic rings. The fourth-order valence-corrected chi connectivity index (χ4v) is 9.77. The molecule has 2 heterocycles. The molecule has 4 rings (SSSR count). The second kappa shape index (κ2) is 12.0. The van der Waals surface area contributed by atoms with Gasteiger partial charge in [-0.3, -0.25) is 4.79 Å². The molecule has 4 atom stereocenters. The van der Waals surface area contributed by atoms with Gasteiger partial charge in [0.05, 0.1) is 21.3 Å². The monoisotopic (exact) mass is 525 g/mol. The van der Waals surface area contributed by atoms with Crippen molar-refractivity contribution in [2.75, 3.05) is 32.3 Å². The summed E-state index contributed by atoms with van der Waals surface area (Å²) in [6.45, 7) is 7.79. The van der Waals surface area contributed by atoms with Crippen molar-refractivity contribution < 1.29 is 24.1 Å². The van der Waals surface area contributed by atoms with E-state index in [2.05, 4.69) is 38.2 Å². The maximum Gasteiger partial charge on any atom is 0.226 e. The Labute approximate surface area is 222 Å². The van der Waals surface area contributed by atoms with Crippen molar-refractivity contribution >= 4 is 24.9 Å². The van der Waals surface area contributed by atoms with E-state index in [0.29, 0.717) is 12.8 Å². The maximum absolute atomic E-state index is 12.9. The van der Waals surface area contributed by atoms with Crippen LogP contribution in [-0.4, -0.2) is 52.6 Å². The number of hydrogen-bond donors (Lipinski definition) is 1. The molecule has 0 bridgehead atoms. The summed E-state index contributed by atoms with van der Waals surface area (Å²) >= 11 is 0. The summed E-state index contributed by atoms with van der Waals surface area (Å²) in [5.41, 5.74) is 2.12. The van der Waals surface area contributed by atoms with Gasteiger partial charge in [0.2, 0.25) is 5.91 Å². The predicted molar refractivity (Wildman–Crippen MR) is 151 cm³/mol. The lowest BCUT2D eigenvalue weighted by molar-refractivity contribution is -0.118. The van der Waals surface area contributed by atoms with Crippen LogP contribution in [-0.2, 0) is 9.53 Å². The molecule has 1 N–H and O–H groups in total. The number of ether oxygens (including phenoxy) is 3. The molecule has 2 aliphatic heterocycles. The zero-order valence-electron chi connectivity index (χ0n) is 23.0. The molecule has 0 aliphatic carbocycles. The predicted octanol–water partition coefficient (Wildman–Crippen LogP) is 5.45. The van der Waals surface area contributed by atoms with Gasteiger partial charge in [-0.05, 0) is 55.1 Å². The number of nitrogens with zero attached hydrogens (tertiary/aromatic N) is 1. The Morgan fingerprint density at radius 2 is 1.81 bits per heavy atom. The summed E-state index contributed by atoms with van der Waals surface area (Å²) in [7, 11) is 1.38. The number of anilines is 1. The van der Waals surface area contributed by atoms with Crippen LogP contribution in [0, 0.1) is 5.92 Å². The van der Waals surface area contributed by atoms with E-state index in [4.69, 9.17) is 14.2 Å². The number of aliphatic hydroxyl groups is 1. The minimum Gasteiger partial charge on any atom is -0.497 e. The van der Waals surface area contributed by atoms with Gasteiger partial charge in [-0.2, -0.15) is 0 Å². The van der Waals surface area contributed by atoms with Crippen LogP contribution in [0.5, 0.6) is 11.5 Å². The molecule has 1 fully saturated rings. The molecular formula is C30H43NO5Si. The van der Waals surface area contributed by atoms with Crippen molar-refractivity contribution in [1.82, 2.24) is 0 Å². The van der Waals surface area contributed by atoms with Gasteiger partial charge in [-0.1, -0.05) is 50.2 Å². The summed E-state index contributed by atoms with van der Waals surface area (Å²) in [5.74, 6) is 1.95. The molecular weight excluding hydrogens is 482 g/mol. The van der Waals surface area contributed by atoms with Crippen LogP contribution in [0.2, 0.25) is 18.6 Å². The van der Waals surface area contributed by atoms with Crippen molar-refractivity contribution in [2.24, 2.45) is 5.92 Å². The minimum atomic E-state index is -2.06. The molecule has 0 spiro atoms. The van der Waals surface area contributed by atoms with Crippen LogP contribution >= 0.6 is 0 Å². The third-order valence-electron chi connectivity index (χ3n) is 8.55. The number of hydrogen-bond acceptors (Lipinski definition) is 5. The topological polar surface area (TPSA) is 68.2 Å². The normalized spacial score (nSPS) is 23.5. The Hall–Kier alpha value is -2.35. The lowest BCUT2D eigenvalue weighted by atomic mass is 9.86. The second-order valence-electron chi connectivity index (χ2n) is 11.1. The number of rotatable bonds is 8. The standard InChI is InChI=1S/C30H43NO5Si/c1-21-29(35-3)25-20-22(31-18-9-7-6-8-10-28(31)33)11-16-26(25)36-30(21)27(17-19-32)37(4,5)24-14-12-23(34-2)13-15-24/h11-16,20-21,27,29-30,32H,6-10,17-19H2,1-5H3/t21-,27?,29-,30-/m0/s1. The van der Waals surface area contributed by atoms with Crippen molar-refractivity contribution in [2.45, 2.75) is 76.3 Å². The molecule has 6 nitrogen and oxygen atoms in total. The molecule has 2 aromatic rings. The van der Waals surface area contributed by atoms with Crippen molar-refractivity contribution in [3.63, 3.8) is 0 Å². The quantitative estimate of drug-likeness (QED) is 0.465. The Morgan fingerprint density at radius 1 is 1.08 bits per heavy atom. The fourth-order valence-electron chi connectivity index (χ4n) is 6.27. The smallest absolute Gasteiger partial charge is 0.226 e. The first-order valence-corrected chi connectivity index (χ1v) is 16.8. The van der Waals surface area contributed by atoms with Gasteiger partial charge in [0.1, 0.15) is 17.6 Å². The molecule has 37 heavy (non-hydrogen) atoms. The van der Waals surface area contributed by atoms with Crippen molar-refractivity contribution in [3.05, 3.63) is 48.0 Å². The first-order valence-electron chi connectivity index (χ1n) is 13.7. The number of benzene rings is 2. The van der Waals surface area contributed by atoms with Gasteiger partial charge < -0.3 is 24.2 Å². The van der Waals surface area contributed by atoms with Gasteiger partial charge in [-0.25, -0.2) is 0 Å². The van der Waals surface area contributed by atoms with E-state index in [0.717, 1.165) is 55.0 Å². The van der Waals surface area contributed by atoms with Crippen LogP contribution in [0.1, 0.15) is 57.1 Å². The van der Waals surface area contributed by atoms with E-state index in [9.17, 15) is 9.90 Å². The molecule has 0 radical (unpaired) electrons. The first kappa shape index (κ1) is 27.7. The first-order chi connectivity index (χ1) is 17.8. The van der Waals surface area contributed by atoms with Gasteiger partial charge in [0.15, 0.2) is 0 Å². The van der Waals surface area contributed by atoms with Crippen molar-refractivity contribution in [3.8, 4) is 11.5 Å². The molecule has 1 unspecified atom stereocenters. The molecule has 2 aromatic carbocycles. The molecule has 7 heteroatoms. The number of methoxy groups -OCH3 is 2. The SMILES string of the molecule is COc1ccc([Si](C)(C)C(CCO)[C@H]2Oc3ccc(N4CCCCCCC4=O)cc3[C@@H](OC)[C@@H]2C)cc1. The second-order valence-corrected chi connectivity index (χ2v) is 15.9. The van der Waals surface area contributed by atoms with Gasteiger partial charge in [-0.15, -0.1) is 0 Å². The van der Waals surface area contributed by atoms with E-state index >= 15 is 0 Å². The van der Waals surface area contributed by atoms with Crippen molar-refractivity contribution in [1.29, 1.82) is 0 Å². The number of carbonyl (C=O) groups is 1. The highest BCUT2D eigenvalue weighted by Crippen LogP contribution is 2.48. The van der Waals surface area contributed by atoms with Crippen LogP contribution in [0.15, 0.2) is 42.5 Å². The summed E-state index contributed by atoms with van der Waals surface area (Å²) in [5, 5.41) is 11.4. The Morgan fingerprint density at radius 3 is 2.49 bits per heavy atom. The Bertz CT molecular complexity index is 1060. The third kappa shape index (κ3) is 5.74. The van der Waals surface area contributed by atoms with E-state index in [-0.39, 0.29) is 36.2 Å². The molecule has 0 saturated carbocycles. The van der Waals surface area contributed by atoms with Crippen LogP contribution in [0.4, 0.5) is 5.69 Å². The van der Waals surface area contributed by atoms with Gasteiger partial charge in [0, 0.05) is 43.9 Å². The summed E-state index contributed by atoms with van der Waals surface area (Å²) in [4.78, 5) is 14.8. The zero-order valence-corrected chi connectivity index (χ0v) is 24.0. The third-order valence-corrected chi connectivity index (χ3v) is 12.8. The Kier molecular flexibility index (Phi) is 8.98. The summed E-state index contributed by atoms with van der Waals surface area (Å²) in [6.07, 6.45) is 5.32. The van der Waals surface area contributed by atoms with Gasteiger partial charge >= 0.3 is 0 Å². The summed E-state index contributed by atoms with van der Waals surface area (Å²) < 4.78 is 18.3. The highest BCUT2D eigenvalue weighted by atomic mass is 28.3. The zero-order chi connectivity index (χ0) is 26.6. The Balaban J connectivity index is 1.66. The molecule has 1 amide bonds. The molecule has 1 saturated heterocycles. The minimum absolute atomic E-state index is 0.0809.